The van der Waals surface area contributed by atoms with Crippen molar-refractivity contribution in [1.29, 1.82) is 0 Å². The van der Waals surface area contributed by atoms with Crippen LogP contribution < -0.4 is 10.5 Å². The van der Waals surface area contributed by atoms with Crippen LogP contribution in [0.15, 0.2) is 23.1 Å². The molecule has 0 bridgehead atoms. The van der Waals surface area contributed by atoms with Gasteiger partial charge in [-0.15, -0.1) is 0 Å². The van der Waals surface area contributed by atoms with E-state index in [0.717, 1.165) is 6.07 Å². The monoisotopic (exact) mass is 288 g/mol. The molecule has 2 rings (SSSR count). The van der Waals surface area contributed by atoms with Crippen molar-refractivity contribution in [2.45, 2.75) is 17.7 Å². The fourth-order valence-electron chi connectivity index (χ4n) is 1.66. The summed E-state index contributed by atoms with van der Waals surface area (Å²) in [6.07, 6.45) is 2.36. The van der Waals surface area contributed by atoms with Crippen LogP contribution in [0.1, 0.15) is 12.8 Å². The molecule has 3 N–H and O–H groups in total. The summed E-state index contributed by atoms with van der Waals surface area (Å²) in [5.41, 5.74) is 5.39. The molecule has 0 atom stereocenters. The number of hydrogen-bond donors (Lipinski definition) is 2. The molecular weight excluding hydrogens is 271 g/mol. The quantitative estimate of drug-likeness (QED) is 0.582. The van der Waals surface area contributed by atoms with Crippen LogP contribution in [0.5, 0.6) is 0 Å². The molecule has 7 heteroatoms. The molecular formula is C12H17FN2O3S. The Morgan fingerprint density at radius 3 is 2.79 bits per heavy atom. The van der Waals surface area contributed by atoms with Crippen molar-refractivity contribution >= 4 is 15.7 Å². The minimum atomic E-state index is -3.94. The molecule has 1 aliphatic carbocycles. The Morgan fingerprint density at radius 1 is 1.42 bits per heavy atom. The van der Waals surface area contributed by atoms with Crippen LogP contribution in [0.2, 0.25) is 0 Å². The highest BCUT2D eigenvalue weighted by Gasteiger charge is 2.23. The summed E-state index contributed by atoms with van der Waals surface area (Å²) in [5, 5.41) is 0. The molecule has 1 fully saturated rings. The zero-order chi connectivity index (χ0) is 13.9. The molecule has 0 aliphatic heterocycles. The van der Waals surface area contributed by atoms with Gasteiger partial charge in [0.2, 0.25) is 10.0 Å². The van der Waals surface area contributed by atoms with Gasteiger partial charge in [0.1, 0.15) is 10.7 Å². The summed E-state index contributed by atoms with van der Waals surface area (Å²) in [6.45, 7) is 1.02. The van der Waals surface area contributed by atoms with E-state index in [1.807, 2.05) is 0 Å². The van der Waals surface area contributed by atoms with Gasteiger partial charge in [0.25, 0.3) is 0 Å². The number of nitrogens with two attached hydrogens (primary N) is 1. The van der Waals surface area contributed by atoms with Gasteiger partial charge in [-0.2, -0.15) is 0 Å². The highest BCUT2D eigenvalue weighted by molar-refractivity contribution is 7.89. The lowest BCUT2D eigenvalue weighted by Gasteiger charge is -2.10. The third-order valence-electron chi connectivity index (χ3n) is 2.86. The molecule has 1 aliphatic rings. The first-order valence-corrected chi connectivity index (χ1v) is 7.60. The second kappa shape index (κ2) is 5.85. The third-order valence-corrected chi connectivity index (χ3v) is 4.41. The van der Waals surface area contributed by atoms with Crippen molar-refractivity contribution in [3.63, 3.8) is 0 Å². The Hall–Kier alpha value is -1.18. The molecule has 0 saturated heterocycles. The van der Waals surface area contributed by atoms with Gasteiger partial charge in [-0.1, -0.05) is 6.07 Å². The van der Waals surface area contributed by atoms with Gasteiger partial charge in [0, 0.05) is 13.2 Å². The smallest absolute Gasteiger partial charge is 0.245 e. The molecule has 0 unspecified atom stereocenters. The van der Waals surface area contributed by atoms with Gasteiger partial charge in [0.15, 0.2) is 0 Å². The Morgan fingerprint density at radius 2 is 2.16 bits per heavy atom. The fraction of sp³-hybridized carbons (Fsp3) is 0.500. The second-order valence-electron chi connectivity index (χ2n) is 4.57. The molecule has 1 aromatic rings. The molecule has 19 heavy (non-hydrogen) atoms. The van der Waals surface area contributed by atoms with Gasteiger partial charge < -0.3 is 10.5 Å². The molecule has 5 nitrogen and oxygen atoms in total. The zero-order valence-electron chi connectivity index (χ0n) is 10.4. The lowest BCUT2D eigenvalue weighted by atomic mass is 10.3. The molecule has 1 aromatic carbocycles. The van der Waals surface area contributed by atoms with Crippen molar-refractivity contribution in [2.75, 3.05) is 25.5 Å². The average Bonchev–Trinajstić information content (AvgIpc) is 3.11. The van der Waals surface area contributed by atoms with E-state index in [4.69, 9.17) is 10.5 Å². The van der Waals surface area contributed by atoms with Gasteiger partial charge >= 0.3 is 0 Å². The average molecular weight is 288 g/mol. The number of nitrogens with one attached hydrogen (secondary N) is 1. The van der Waals surface area contributed by atoms with Crippen LogP contribution in [0, 0.1) is 11.7 Å². The normalized spacial score (nSPS) is 15.6. The second-order valence-corrected chi connectivity index (χ2v) is 6.28. The zero-order valence-corrected chi connectivity index (χ0v) is 11.2. The molecule has 0 aromatic heterocycles. The van der Waals surface area contributed by atoms with Crippen molar-refractivity contribution < 1.29 is 17.5 Å². The van der Waals surface area contributed by atoms with Crippen molar-refractivity contribution in [1.82, 2.24) is 4.72 Å². The van der Waals surface area contributed by atoms with E-state index in [1.54, 1.807) is 0 Å². The first-order valence-electron chi connectivity index (χ1n) is 6.12. The maximum absolute atomic E-state index is 13.5. The SMILES string of the molecule is Nc1cccc(F)c1S(=O)(=O)NCCOCC1CC1. The highest BCUT2D eigenvalue weighted by Crippen LogP contribution is 2.28. The summed E-state index contributed by atoms with van der Waals surface area (Å²) < 4.78 is 44.9. The van der Waals surface area contributed by atoms with Crippen LogP contribution in [-0.2, 0) is 14.8 Å². The van der Waals surface area contributed by atoms with Crippen LogP contribution >= 0.6 is 0 Å². The predicted molar refractivity (Wildman–Crippen MR) is 69.5 cm³/mol. The standard InChI is InChI=1S/C12H17FN2O3S/c13-10-2-1-3-11(14)12(10)19(16,17)15-6-7-18-8-9-4-5-9/h1-3,9,15H,4-8,14H2. The van der Waals surface area contributed by atoms with Crippen molar-refractivity contribution in [3.8, 4) is 0 Å². The minimum Gasteiger partial charge on any atom is -0.398 e. The van der Waals surface area contributed by atoms with Crippen LogP contribution in [-0.4, -0.2) is 28.2 Å². The van der Waals surface area contributed by atoms with E-state index in [0.29, 0.717) is 12.5 Å². The van der Waals surface area contributed by atoms with Gasteiger partial charge in [-0.25, -0.2) is 17.5 Å². The van der Waals surface area contributed by atoms with Gasteiger partial charge in [-0.3, -0.25) is 0 Å². The van der Waals surface area contributed by atoms with E-state index < -0.39 is 20.7 Å². The Labute approximate surface area is 112 Å². The minimum absolute atomic E-state index is 0.100. The number of rotatable bonds is 7. The Bertz CT molecular complexity index is 524. The maximum Gasteiger partial charge on any atom is 0.245 e. The van der Waals surface area contributed by atoms with Crippen LogP contribution in [0.3, 0.4) is 0 Å². The maximum atomic E-state index is 13.5. The molecule has 0 amide bonds. The van der Waals surface area contributed by atoms with E-state index in [2.05, 4.69) is 4.72 Å². The van der Waals surface area contributed by atoms with Crippen molar-refractivity contribution in [3.05, 3.63) is 24.0 Å². The third kappa shape index (κ3) is 3.89. The summed E-state index contributed by atoms with van der Waals surface area (Å²) in [5.74, 6) is -0.231. The predicted octanol–water partition coefficient (Wildman–Crippen LogP) is 1.11. The highest BCUT2D eigenvalue weighted by atomic mass is 32.2. The number of sulfonamides is 1. The summed E-state index contributed by atoms with van der Waals surface area (Å²) in [7, 11) is -3.94. The topological polar surface area (TPSA) is 81.4 Å². The lowest BCUT2D eigenvalue weighted by Crippen LogP contribution is -2.29. The molecule has 0 spiro atoms. The number of benzene rings is 1. The molecule has 0 heterocycles. The van der Waals surface area contributed by atoms with Crippen LogP contribution in [0.25, 0.3) is 0 Å². The Kier molecular flexibility index (Phi) is 4.38. The van der Waals surface area contributed by atoms with E-state index in [9.17, 15) is 12.8 Å². The van der Waals surface area contributed by atoms with Crippen molar-refractivity contribution in [2.24, 2.45) is 5.92 Å². The number of ether oxygens (including phenoxy) is 1. The molecule has 1 saturated carbocycles. The number of hydrogen-bond acceptors (Lipinski definition) is 4. The summed E-state index contributed by atoms with van der Waals surface area (Å²) in [6, 6.07) is 3.78. The number of anilines is 1. The first kappa shape index (κ1) is 14.2. The summed E-state index contributed by atoms with van der Waals surface area (Å²) in [4.78, 5) is -0.503. The van der Waals surface area contributed by atoms with E-state index >= 15 is 0 Å². The molecule has 0 radical (unpaired) electrons. The summed E-state index contributed by atoms with van der Waals surface area (Å²) >= 11 is 0. The molecule has 106 valence electrons. The van der Waals surface area contributed by atoms with Gasteiger partial charge in [0.05, 0.1) is 12.3 Å². The van der Waals surface area contributed by atoms with E-state index in [-0.39, 0.29) is 18.8 Å². The largest absolute Gasteiger partial charge is 0.398 e. The lowest BCUT2D eigenvalue weighted by molar-refractivity contribution is 0.129. The fourth-order valence-corrected chi connectivity index (χ4v) is 2.86. The number of nitrogen functional groups attached to an aromatic ring is 1. The van der Waals surface area contributed by atoms with E-state index in [1.165, 1.54) is 25.0 Å². The Balaban J connectivity index is 1.89. The first-order chi connectivity index (χ1) is 9.00. The number of halogens is 1. The van der Waals surface area contributed by atoms with Gasteiger partial charge in [-0.05, 0) is 30.9 Å². The van der Waals surface area contributed by atoms with Crippen LogP contribution in [0.4, 0.5) is 10.1 Å².